The van der Waals surface area contributed by atoms with E-state index in [1.54, 1.807) is 22.9 Å². The number of aryl methyl sites for hydroxylation is 1. The van der Waals surface area contributed by atoms with Crippen LogP contribution in [0.25, 0.3) is 33.4 Å². The summed E-state index contributed by atoms with van der Waals surface area (Å²) in [7, 11) is 0. The molecule has 0 aliphatic rings. The van der Waals surface area contributed by atoms with Crippen molar-refractivity contribution in [3.63, 3.8) is 0 Å². The quantitative estimate of drug-likeness (QED) is 0.523. The molecular weight excluding hydrogens is 386 g/mol. The molecule has 0 atom stereocenters. The molecule has 0 aliphatic carbocycles. The second kappa shape index (κ2) is 7.33. The fourth-order valence-electron chi connectivity index (χ4n) is 3.43. The lowest BCUT2D eigenvalue weighted by molar-refractivity contribution is 0.579. The zero-order valence-corrected chi connectivity index (χ0v) is 17.1. The predicted molar refractivity (Wildman–Crippen MR) is 118 cm³/mol. The number of nitrogens with zero attached hydrogens (tertiary/aromatic N) is 2. The lowest BCUT2D eigenvalue weighted by Gasteiger charge is -2.16. The molecule has 0 unspecified atom stereocenters. The van der Waals surface area contributed by atoms with E-state index in [-0.39, 0.29) is 22.1 Å². The number of halogens is 1. The van der Waals surface area contributed by atoms with Crippen molar-refractivity contribution in [3.05, 3.63) is 86.0 Å². The molecular formula is C23H20ClN3O2. The van der Waals surface area contributed by atoms with Gasteiger partial charge in [-0.2, -0.15) is 0 Å². The zero-order chi connectivity index (χ0) is 20.7. The summed E-state index contributed by atoms with van der Waals surface area (Å²) in [6, 6.07) is 14.7. The van der Waals surface area contributed by atoms with Gasteiger partial charge in [-0.25, -0.2) is 4.98 Å². The first-order valence-electron chi connectivity index (χ1n) is 9.37. The number of fused-ring (bicyclic) bond motifs is 1. The van der Waals surface area contributed by atoms with Crippen molar-refractivity contribution < 1.29 is 0 Å². The fourth-order valence-corrected chi connectivity index (χ4v) is 3.64. The Balaban J connectivity index is 2.11. The lowest BCUT2D eigenvalue weighted by Crippen LogP contribution is -2.21. The largest absolute Gasteiger partial charge is 0.343 e. The van der Waals surface area contributed by atoms with Crippen molar-refractivity contribution >= 4 is 22.6 Å². The van der Waals surface area contributed by atoms with Gasteiger partial charge in [0.25, 0.3) is 5.56 Å². The number of pyridine rings is 3. The summed E-state index contributed by atoms with van der Waals surface area (Å²) in [5.41, 5.74) is 4.03. The normalized spacial score (nSPS) is 11.3. The standard InChI is InChI=1S/C23H20ClN3O2/c1-13(2)27-12-16(10-19(24)23(27)29)17-11-18-20(28)9-14(3)25-22(18)26-21(17)15-7-5-4-6-8-15/h4-13H,1-3H3,(H,25,26,28). The van der Waals surface area contributed by atoms with Crippen molar-refractivity contribution in [1.29, 1.82) is 0 Å². The summed E-state index contributed by atoms with van der Waals surface area (Å²) < 4.78 is 1.59. The highest BCUT2D eigenvalue weighted by atomic mass is 35.5. The van der Waals surface area contributed by atoms with Gasteiger partial charge in [0, 0.05) is 40.7 Å². The van der Waals surface area contributed by atoms with E-state index in [9.17, 15) is 9.59 Å². The summed E-state index contributed by atoms with van der Waals surface area (Å²) in [5, 5.41) is 0.622. The van der Waals surface area contributed by atoms with Gasteiger partial charge < -0.3 is 9.55 Å². The minimum Gasteiger partial charge on any atom is -0.343 e. The Hall–Kier alpha value is -3.18. The molecule has 4 aromatic rings. The van der Waals surface area contributed by atoms with Gasteiger partial charge in [-0.1, -0.05) is 41.9 Å². The molecule has 5 nitrogen and oxygen atoms in total. The van der Waals surface area contributed by atoms with Crippen molar-refractivity contribution in [1.82, 2.24) is 14.5 Å². The van der Waals surface area contributed by atoms with Crippen molar-refractivity contribution in [2.45, 2.75) is 26.8 Å². The highest BCUT2D eigenvalue weighted by Gasteiger charge is 2.16. The van der Waals surface area contributed by atoms with Crippen LogP contribution in [0.3, 0.4) is 0 Å². The number of hydrogen-bond donors (Lipinski definition) is 1. The second-order valence-corrected chi connectivity index (χ2v) is 7.75. The van der Waals surface area contributed by atoms with Gasteiger partial charge in [0.15, 0.2) is 5.43 Å². The van der Waals surface area contributed by atoms with Crippen molar-refractivity contribution in [2.75, 3.05) is 0 Å². The van der Waals surface area contributed by atoms with Gasteiger partial charge in [0.1, 0.15) is 10.7 Å². The van der Waals surface area contributed by atoms with Crippen LogP contribution >= 0.6 is 11.6 Å². The van der Waals surface area contributed by atoms with Gasteiger partial charge in [0.05, 0.1) is 11.1 Å². The zero-order valence-electron chi connectivity index (χ0n) is 16.4. The summed E-state index contributed by atoms with van der Waals surface area (Å²) in [5.74, 6) is 0. The predicted octanol–water partition coefficient (Wildman–Crippen LogP) is 4.96. The van der Waals surface area contributed by atoms with Crippen LogP contribution in [0.1, 0.15) is 25.6 Å². The van der Waals surface area contributed by atoms with Crippen molar-refractivity contribution in [3.8, 4) is 22.4 Å². The van der Waals surface area contributed by atoms with Crippen LogP contribution in [-0.4, -0.2) is 14.5 Å². The third-order valence-electron chi connectivity index (χ3n) is 4.86. The van der Waals surface area contributed by atoms with Crippen LogP contribution in [0.15, 0.2) is 64.3 Å². The molecule has 146 valence electrons. The van der Waals surface area contributed by atoms with E-state index < -0.39 is 0 Å². The minimum absolute atomic E-state index is 0.0559. The first kappa shape index (κ1) is 19.2. The highest BCUT2D eigenvalue weighted by Crippen LogP contribution is 2.33. The number of hydrogen-bond acceptors (Lipinski definition) is 3. The van der Waals surface area contributed by atoms with Crippen molar-refractivity contribution in [2.24, 2.45) is 0 Å². The average Bonchev–Trinajstić information content (AvgIpc) is 2.69. The Morgan fingerprint density at radius 2 is 1.76 bits per heavy atom. The van der Waals surface area contributed by atoms with Crippen LogP contribution in [0.5, 0.6) is 0 Å². The molecule has 0 amide bonds. The molecule has 3 aromatic heterocycles. The summed E-state index contributed by atoms with van der Waals surface area (Å²) >= 11 is 6.26. The fraction of sp³-hybridized carbons (Fsp3) is 0.174. The molecule has 29 heavy (non-hydrogen) atoms. The maximum absolute atomic E-state index is 12.6. The lowest BCUT2D eigenvalue weighted by atomic mass is 9.99. The van der Waals surface area contributed by atoms with Gasteiger partial charge in [-0.15, -0.1) is 0 Å². The molecule has 0 bridgehead atoms. The molecule has 0 fully saturated rings. The second-order valence-electron chi connectivity index (χ2n) is 7.35. The van der Waals surface area contributed by atoms with Crippen LogP contribution in [-0.2, 0) is 0 Å². The smallest absolute Gasteiger partial charge is 0.269 e. The summed E-state index contributed by atoms with van der Waals surface area (Å²) in [6.45, 7) is 5.68. The van der Waals surface area contributed by atoms with Crippen LogP contribution in [0.2, 0.25) is 5.02 Å². The van der Waals surface area contributed by atoms with Crippen LogP contribution < -0.4 is 11.0 Å². The molecule has 0 saturated heterocycles. The van der Waals surface area contributed by atoms with Gasteiger partial charge in [-0.3, -0.25) is 9.59 Å². The first-order chi connectivity index (χ1) is 13.8. The molecule has 0 spiro atoms. The maximum Gasteiger partial charge on any atom is 0.269 e. The minimum atomic E-state index is -0.242. The number of rotatable bonds is 3. The number of benzene rings is 1. The highest BCUT2D eigenvalue weighted by molar-refractivity contribution is 6.30. The Morgan fingerprint density at radius 3 is 2.45 bits per heavy atom. The summed E-state index contributed by atoms with van der Waals surface area (Å²) in [6.07, 6.45) is 1.77. The number of aromatic amines is 1. The van der Waals surface area contributed by atoms with E-state index in [2.05, 4.69) is 4.98 Å². The monoisotopic (exact) mass is 405 g/mol. The molecule has 4 rings (SSSR count). The van der Waals surface area contributed by atoms with Gasteiger partial charge in [0.2, 0.25) is 0 Å². The van der Waals surface area contributed by atoms with E-state index in [0.29, 0.717) is 16.7 Å². The van der Waals surface area contributed by atoms with Gasteiger partial charge >= 0.3 is 0 Å². The molecule has 3 heterocycles. The number of nitrogens with one attached hydrogen (secondary N) is 1. The third-order valence-corrected chi connectivity index (χ3v) is 5.14. The SMILES string of the molecule is Cc1cc(=O)c2cc(-c3cc(Cl)c(=O)n(C(C)C)c3)c(-c3ccccc3)nc2[nH]1. The third kappa shape index (κ3) is 3.49. The first-order valence-corrected chi connectivity index (χ1v) is 9.75. The van der Waals surface area contributed by atoms with Gasteiger partial charge in [-0.05, 0) is 32.9 Å². The van der Waals surface area contributed by atoms with Crippen LogP contribution in [0.4, 0.5) is 0 Å². The van der Waals surface area contributed by atoms with E-state index in [4.69, 9.17) is 16.6 Å². The van der Waals surface area contributed by atoms with E-state index in [1.165, 1.54) is 0 Å². The topological polar surface area (TPSA) is 67.8 Å². The Morgan fingerprint density at radius 1 is 1.03 bits per heavy atom. The average molecular weight is 406 g/mol. The molecule has 0 radical (unpaired) electrons. The van der Waals surface area contributed by atoms with E-state index in [0.717, 1.165) is 22.4 Å². The van der Waals surface area contributed by atoms with E-state index in [1.807, 2.05) is 57.2 Å². The Bertz CT molecular complexity index is 1340. The molecule has 0 aliphatic heterocycles. The number of H-pyrrole nitrogens is 1. The molecule has 0 saturated carbocycles. The maximum atomic E-state index is 12.6. The van der Waals surface area contributed by atoms with Crippen LogP contribution in [0, 0.1) is 6.92 Å². The molecule has 1 aromatic carbocycles. The molecule has 1 N–H and O–H groups in total. The van der Waals surface area contributed by atoms with E-state index >= 15 is 0 Å². The summed E-state index contributed by atoms with van der Waals surface area (Å²) in [4.78, 5) is 33.0. The Kier molecular flexibility index (Phi) is 4.84. The molecule has 6 heteroatoms. The Labute approximate surface area is 172 Å². The number of aromatic nitrogens is 3.